The van der Waals surface area contributed by atoms with Crippen LogP contribution in [0.3, 0.4) is 0 Å². The van der Waals surface area contributed by atoms with Crippen LogP contribution in [0.1, 0.15) is 60.3 Å². The fraction of sp³-hybridized carbons (Fsp3) is 0.478. The number of nitrogens with zero attached hydrogens (tertiary/aromatic N) is 2. The van der Waals surface area contributed by atoms with Gasteiger partial charge in [-0.25, -0.2) is 9.97 Å². The third-order valence-corrected chi connectivity index (χ3v) is 6.07. The predicted octanol–water partition coefficient (Wildman–Crippen LogP) is 3.87. The number of ether oxygens (including phenoxy) is 1. The van der Waals surface area contributed by atoms with Crippen molar-refractivity contribution in [1.82, 2.24) is 15.3 Å². The summed E-state index contributed by atoms with van der Waals surface area (Å²) >= 11 is 1.49. The number of esters is 1. The first kappa shape index (κ1) is 22.3. The van der Waals surface area contributed by atoms with Crippen molar-refractivity contribution in [2.45, 2.75) is 70.2 Å². The number of carbonyl (C=O) groups excluding carboxylic acids is 2. The van der Waals surface area contributed by atoms with Crippen molar-refractivity contribution in [2.75, 3.05) is 6.26 Å². The van der Waals surface area contributed by atoms with Gasteiger partial charge in [-0.3, -0.25) is 9.59 Å². The van der Waals surface area contributed by atoms with Crippen LogP contribution in [0.4, 0.5) is 0 Å². The maximum Gasteiger partial charge on any atom is 0.306 e. The molecule has 1 heterocycles. The second kappa shape index (κ2) is 10.1. The van der Waals surface area contributed by atoms with Crippen molar-refractivity contribution in [1.29, 1.82) is 0 Å². The summed E-state index contributed by atoms with van der Waals surface area (Å²) in [5.74, 6) is -0.653. The first-order valence-corrected chi connectivity index (χ1v) is 11.6. The maximum atomic E-state index is 12.6. The third kappa shape index (κ3) is 5.39. The molecule has 7 heteroatoms. The van der Waals surface area contributed by atoms with E-state index >= 15 is 0 Å². The Morgan fingerprint density at radius 1 is 1.23 bits per heavy atom. The van der Waals surface area contributed by atoms with Crippen molar-refractivity contribution in [2.24, 2.45) is 0 Å². The van der Waals surface area contributed by atoms with Gasteiger partial charge in [-0.2, -0.15) is 0 Å². The highest BCUT2D eigenvalue weighted by Gasteiger charge is 2.25. The molecule has 0 radical (unpaired) electrons. The van der Waals surface area contributed by atoms with Crippen LogP contribution in [0.15, 0.2) is 29.4 Å². The summed E-state index contributed by atoms with van der Waals surface area (Å²) in [6.07, 6.45) is 4.75. The van der Waals surface area contributed by atoms with Gasteiger partial charge in [0, 0.05) is 17.8 Å². The smallest absolute Gasteiger partial charge is 0.306 e. The highest BCUT2D eigenvalue weighted by atomic mass is 32.2. The molecule has 160 valence electrons. The number of hydrogen-bond acceptors (Lipinski definition) is 6. The number of carbonyl (C=O) groups is 2. The van der Waals surface area contributed by atoms with Crippen LogP contribution in [0.5, 0.6) is 0 Å². The van der Waals surface area contributed by atoms with Crippen molar-refractivity contribution in [3.8, 4) is 0 Å². The van der Waals surface area contributed by atoms with Gasteiger partial charge in [0.2, 0.25) is 0 Å². The van der Waals surface area contributed by atoms with Crippen LogP contribution in [-0.2, 0) is 27.2 Å². The van der Waals surface area contributed by atoms with Crippen LogP contribution in [0.25, 0.3) is 0 Å². The van der Waals surface area contributed by atoms with Gasteiger partial charge >= 0.3 is 5.97 Å². The van der Waals surface area contributed by atoms with E-state index in [-0.39, 0.29) is 18.4 Å². The molecule has 1 aromatic heterocycles. The Hall–Kier alpha value is -2.41. The lowest BCUT2D eigenvalue weighted by atomic mass is 9.87. The molecule has 1 amide bonds. The minimum Gasteiger partial charge on any atom is -0.453 e. The lowest BCUT2D eigenvalue weighted by molar-refractivity contribution is -0.155. The molecule has 0 aliphatic heterocycles. The molecule has 1 aliphatic carbocycles. The Balaban J connectivity index is 1.53. The molecule has 0 bridgehead atoms. The molecule has 2 aromatic rings. The molecule has 30 heavy (non-hydrogen) atoms. The van der Waals surface area contributed by atoms with Crippen molar-refractivity contribution in [3.05, 3.63) is 52.3 Å². The Bertz CT molecular complexity index is 909. The number of rotatable bonds is 7. The molecule has 1 N–H and O–H groups in total. The molecule has 1 aromatic carbocycles. The predicted molar refractivity (Wildman–Crippen MR) is 117 cm³/mol. The lowest BCUT2D eigenvalue weighted by Crippen LogP contribution is -2.39. The zero-order valence-corrected chi connectivity index (χ0v) is 18.8. The molecular formula is C23H29N3O3S. The van der Waals surface area contributed by atoms with E-state index in [1.807, 2.05) is 32.2 Å². The van der Waals surface area contributed by atoms with E-state index in [1.165, 1.54) is 17.3 Å². The summed E-state index contributed by atoms with van der Waals surface area (Å²) in [5, 5.41) is 3.77. The van der Waals surface area contributed by atoms with Gasteiger partial charge in [-0.15, -0.1) is 0 Å². The molecule has 0 saturated heterocycles. The Kier molecular flexibility index (Phi) is 7.48. The van der Waals surface area contributed by atoms with Crippen molar-refractivity contribution < 1.29 is 14.3 Å². The fourth-order valence-corrected chi connectivity index (χ4v) is 4.35. The SMILES string of the molecule is CSc1nc(C)c(CCC(=O)O[C@@H](C)C(=O)N[C@H]2CCCc3ccccc32)c(C)n1. The zero-order chi connectivity index (χ0) is 21.7. The minimum atomic E-state index is -0.830. The first-order chi connectivity index (χ1) is 14.4. The number of amides is 1. The number of thioether (sulfide) groups is 1. The number of benzene rings is 1. The molecule has 1 aliphatic rings. The van der Waals surface area contributed by atoms with E-state index in [4.69, 9.17) is 4.74 Å². The summed E-state index contributed by atoms with van der Waals surface area (Å²) in [6, 6.07) is 8.16. The van der Waals surface area contributed by atoms with Gasteiger partial charge in [0.1, 0.15) is 0 Å². The van der Waals surface area contributed by atoms with Gasteiger partial charge in [0.25, 0.3) is 5.91 Å². The van der Waals surface area contributed by atoms with Gasteiger partial charge in [-0.1, -0.05) is 36.0 Å². The molecule has 2 atom stereocenters. The molecular weight excluding hydrogens is 398 g/mol. The van der Waals surface area contributed by atoms with Gasteiger partial charge < -0.3 is 10.1 Å². The molecule has 3 rings (SSSR count). The summed E-state index contributed by atoms with van der Waals surface area (Å²) in [5.41, 5.74) is 5.15. The minimum absolute atomic E-state index is 0.0269. The second-order valence-corrected chi connectivity index (χ2v) is 8.42. The molecule has 6 nitrogen and oxygen atoms in total. The van der Waals surface area contributed by atoms with Crippen LogP contribution in [0.2, 0.25) is 0 Å². The molecule has 0 spiro atoms. The van der Waals surface area contributed by atoms with E-state index in [0.717, 1.165) is 46.9 Å². The number of aromatic nitrogens is 2. The average Bonchev–Trinajstić information content (AvgIpc) is 2.73. The zero-order valence-electron chi connectivity index (χ0n) is 18.0. The number of nitrogens with one attached hydrogen (secondary N) is 1. The standard InChI is InChI=1S/C23H29N3O3S/c1-14-18(15(2)25-23(24-14)30-4)12-13-21(27)29-16(3)22(28)26-20-11-7-9-17-8-5-6-10-19(17)20/h5-6,8,10,16,20H,7,9,11-13H2,1-4H3,(H,26,28)/t16-,20-/m0/s1. The highest BCUT2D eigenvalue weighted by molar-refractivity contribution is 7.98. The van der Waals surface area contributed by atoms with Gasteiger partial charge in [-0.05, 0) is 69.4 Å². The van der Waals surface area contributed by atoms with Crippen molar-refractivity contribution >= 4 is 23.6 Å². The summed E-state index contributed by atoms with van der Waals surface area (Å²) < 4.78 is 5.39. The quantitative estimate of drug-likeness (QED) is 0.410. The fourth-order valence-electron chi connectivity index (χ4n) is 3.89. The monoisotopic (exact) mass is 427 g/mol. The highest BCUT2D eigenvalue weighted by Crippen LogP contribution is 2.29. The lowest BCUT2D eigenvalue weighted by Gasteiger charge is -2.27. The van der Waals surface area contributed by atoms with E-state index in [1.54, 1.807) is 6.92 Å². The molecule has 0 saturated carbocycles. The van der Waals surface area contributed by atoms with Gasteiger partial charge in [0.05, 0.1) is 6.04 Å². The normalized spacial score (nSPS) is 16.5. The topological polar surface area (TPSA) is 81.2 Å². The summed E-state index contributed by atoms with van der Waals surface area (Å²) in [4.78, 5) is 33.8. The maximum absolute atomic E-state index is 12.6. The van der Waals surface area contributed by atoms with E-state index in [0.29, 0.717) is 6.42 Å². The largest absolute Gasteiger partial charge is 0.453 e. The van der Waals surface area contributed by atoms with Crippen LogP contribution < -0.4 is 5.32 Å². The van der Waals surface area contributed by atoms with Crippen molar-refractivity contribution in [3.63, 3.8) is 0 Å². The summed E-state index contributed by atoms with van der Waals surface area (Å²) in [7, 11) is 0. The molecule has 0 fully saturated rings. The van der Waals surface area contributed by atoms with Crippen LogP contribution in [0, 0.1) is 13.8 Å². The average molecular weight is 428 g/mol. The number of fused-ring (bicyclic) bond motifs is 1. The second-order valence-electron chi connectivity index (χ2n) is 7.64. The molecule has 0 unspecified atom stereocenters. The Morgan fingerprint density at radius 3 is 2.63 bits per heavy atom. The number of aryl methyl sites for hydroxylation is 3. The third-order valence-electron chi connectivity index (χ3n) is 5.53. The van der Waals surface area contributed by atoms with E-state index in [2.05, 4.69) is 27.4 Å². The van der Waals surface area contributed by atoms with E-state index < -0.39 is 12.1 Å². The number of hydrogen-bond donors (Lipinski definition) is 1. The first-order valence-electron chi connectivity index (χ1n) is 10.3. The summed E-state index contributed by atoms with van der Waals surface area (Å²) in [6.45, 7) is 5.47. The van der Waals surface area contributed by atoms with Crippen LogP contribution >= 0.6 is 11.8 Å². The van der Waals surface area contributed by atoms with E-state index in [9.17, 15) is 9.59 Å². The Morgan fingerprint density at radius 2 is 1.93 bits per heavy atom. The van der Waals surface area contributed by atoms with Crippen LogP contribution in [-0.4, -0.2) is 34.2 Å². The Labute approximate surface area is 182 Å². The van der Waals surface area contributed by atoms with Gasteiger partial charge in [0.15, 0.2) is 11.3 Å².